The van der Waals surface area contributed by atoms with Gasteiger partial charge < -0.3 is 21.4 Å². The molecule has 30 heavy (non-hydrogen) atoms. The number of carbonyl (C=O) groups is 1. The largest absolute Gasteiger partial charge is 0.398 e. The fourth-order valence-corrected chi connectivity index (χ4v) is 5.14. The molecule has 8 heteroatoms. The van der Waals surface area contributed by atoms with E-state index in [1.54, 1.807) is 23.7 Å². The summed E-state index contributed by atoms with van der Waals surface area (Å²) in [6.07, 6.45) is 5.24. The van der Waals surface area contributed by atoms with Gasteiger partial charge >= 0.3 is 0 Å². The van der Waals surface area contributed by atoms with Crippen molar-refractivity contribution in [3.8, 4) is 0 Å². The Kier molecular flexibility index (Phi) is 5.42. The molecule has 2 heterocycles. The van der Waals surface area contributed by atoms with Crippen LogP contribution < -0.4 is 11.1 Å². The van der Waals surface area contributed by atoms with Crippen molar-refractivity contribution in [2.75, 3.05) is 18.1 Å². The Morgan fingerprint density at radius 1 is 1.40 bits per heavy atom. The third kappa shape index (κ3) is 3.63. The van der Waals surface area contributed by atoms with E-state index in [1.165, 1.54) is 16.7 Å². The highest BCUT2D eigenvalue weighted by molar-refractivity contribution is 7.19. The van der Waals surface area contributed by atoms with E-state index in [2.05, 4.69) is 15.3 Å². The molecule has 7 nitrogen and oxygen atoms in total. The number of fused-ring (bicyclic) bond motifs is 3. The van der Waals surface area contributed by atoms with Crippen molar-refractivity contribution in [1.82, 2.24) is 14.9 Å². The number of rotatable bonds is 5. The van der Waals surface area contributed by atoms with Crippen LogP contribution in [0.15, 0.2) is 24.5 Å². The molecule has 4 N–H and O–H groups in total. The highest BCUT2D eigenvalue weighted by Gasteiger charge is 2.31. The van der Waals surface area contributed by atoms with E-state index in [1.807, 2.05) is 37.9 Å². The molecule has 1 atom stereocenters. The van der Waals surface area contributed by atoms with Gasteiger partial charge in [-0.2, -0.15) is 0 Å². The second-order valence-electron chi connectivity index (χ2n) is 8.00. The molecular weight excluding hydrogens is 396 g/mol. The lowest BCUT2D eigenvalue weighted by molar-refractivity contribution is -0.136. The third-order valence-corrected chi connectivity index (χ3v) is 6.98. The van der Waals surface area contributed by atoms with Gasteiger partial charge in [0.05, 0.1) is 5.39 Å². The van der Waals surface area contributed by atoms with Crippen molar-refractivity contribution >= 4 is 50.9 Å². The number of benzene rings is 1. The van der Waals surface area contributed by atoms with Crippen LogP contribution in [0, 0.1) is 11.3 Å². The van der Waals surface area contributed by atoms with Gasteiger partial charge in [-0.15, -0.1) is 11.3 Å². The molecule has 0 spiro atoms. The topological polar surface area (TPSA) is 108 Å². The average molecular weight is 423 g/mol. The number of hydrogen-bond donors (Lipinski definition) is 3. The fourth-order valence-electron chi connectivity index (χ4n) is 3.87. The van der Waals surface area contributed by atoms with Crippen LogP contribution in [-0.4, -0.2) is 40.1 Å². The molecule has 2 aromatic heterocycles. The Bertz CT molecular complexity index is 1120. The lowest BCUT2D eigenvalue weighted by Crippen LogP contribution is -2.39. The number of aromatic nitrogens is 2. The maximum absolute atomic E-state index is 12.8. The summed E-state index contributed by atoms with van der Waals surface area (Å²) in [5, 5.41) is 11.9. The van der Waals surface area contributed by atoms with Crippen LogP contribution in [0.3, 0.4) is 0 Å². The predicted octanol–water partition coefficient (Wildman–Crippen LogP) is 3.99. The van der Waals surface area contributed by atoms with Crippen LogP contribution in [0.1, 0.15) is 36.3 Å². The van der Waals surface area contributed by atoms with Gasteiger partial charge in [-0.1, -0.05) is 0 Å². The quantitative estimate of drug-likeness (QED) is 0.426. The molecule has 0 saturated carbocycles. The molecule has 0 radical (unpaired) electrons. The maximum Gasteiger partial charge on any atom is 0.226 e. The van der Waals surface area contributed by atoms with E-state index in [0.29, 0.717) is 11.3 Å². The van der Waals surface area contributed by atoms with Crippen LogP contribution in [0.25, 0.3) is 10.2 Å². The number of amides is 1. The Morgan fingerprint density at radius 3 is 2.93 bits per heavy atom. The van der Waals surface area contributed by atoms with Gasteiger partial charge in [-0.25, -0.2) is 9.97 Å². The molecule has 0 saturated heterocycles. The van der Waals surface area contributed by atoms with Crippen molar-refractivity contribution in [2.24, 2.45) is 5.92 Å². The van der Waals surface area contributed by atoms with Crippen LogP contribution >= 0.6 is 11.3 Å². The average Bonchev–Trinajstić information content (AvgIpc) is 3.12. The second-order valence-corrected chi connectivity index (χ2v) is 9.09. The van der Waals surface area contributed by atoms with Gasteiger partial charge in [0.25, 0.3) is 0 Å². The molecule has 1 amide bonds. The van der Waals surface area contributed by atoms with E-state index in [-0.39, 0.29) is 17.9 Å². The number of hydrogen-bond acceptors (Lipinski definition) is 7. The normalized spacial score (nSPS) is 15.8. The molecule has 0 aliphatic heterocycles. The Balaban J connectivity index is 1.66. The summed E-state index contributed by atoms with van der Waals surface area (Å²) in [6.45, 7) is 4.08. The molecule has 4 rings (SSSR count). The van der Waals surface area contributed by atoms with E-state index >= 15 is 0 Å². The summed E-state index contributed by atoms with van der Waals surface area (Å²) in [6, 6.07) is 5.71. The molecule has 1 aliphatic carbocycles. The zero-order valence-corrected chi connectivity index (χ0v) is 18.2. The molecule has 0 unspecified atom stereocenters. The molecule has 0 bridgehead atoms. The summed E-state index contributed by atoms with van der Waals surface area (Å²) in [4.78, 5) is 25.8. The summed E-state index contributed by atoms with van der Waals surface area (Å²) in [7, 11) is 1.89. The van der Waals surface area contributed by atoms with Crippen LogP contribution in [0.5, 0.6) is 0 Å². The monoisotopic (exact) mass is 422 g/mol. The van der Waals surface area contributed by atoms with Gasteiger partial charge in [0.1, 0.15) is 17.0 Å². The number of nitrogens with one attached hydrogen (secondary N) is 2. The minimum atomic E-state index is 0.0228. The fraction of sp³-hybridized carbons (Fsp3) is 0.364. The minimum Gasteiger partial charge on any atom is -0.398 e. The summed E-state index contributed by atoms with van der Waals surface area (Å²) >= 11 is 1.66. The van der Waals surface area contributed by atoms with Gasteiger partial charge in [0.15, 0.2) is 0 Å². The summed E-state index contributed by atoms with van der Waals surface area (Å²) in [5.74, 6) is 0.996. The van der Waals surface area contributed by atoms with Crippen molar-refractivity contribution < 1.29 is 4.79 Å². The highest BCUT2D eigenvalue weighted by atomic mass is 32.1. The van der Waals surface area contributed by atoms with Crippen LogP contribution in [0.4, 0.5) is 17.2 Å². The lowest BCUT2D eigenvalue weighted by Gasteiger charge is -2.29. The number of thiophene rings is 1. The first-order valence-corrected chi connectivity index (χ1v) is 10.9. The molecule has 156 valence electrons. The minimum absolute atomic E-state index is 0.0228. The number of carbonyl (C=O) groups excluding carboxylic acids is 1. The third-order valence-electron chi connectivity index (χ3n) is 5.82. The van der Waals surface area contributed by atoms with Crippen LogP contribution in [0.2, 0.25) is 0 Å². The van der Waals surface area contributed by atoms with E-state index in [4.69, 9.17) is 11.1 Å². The van der Waals surface area contributed by atoms with Gasteiger partial charge in [-0.05, 0) is 56.9 Å². The number of nitrogen functional groups attached to an aromatic ring is 1. The Morgan fingerprint density at radius 2 is 2.20 bits per heavy atom. The molecule has 3 aromatic rings. The maximum atomic E-state index is 12.8. The van der Waals surface area contributed by atoms with Gasteiger partial charge in [-0.3, -0.25) is 4.79 Å². The van der Waals surface area contributed by atoms with Crippen molar-refractivity contribution in [2.45, 2.75) is 39.2 Å². The smallest absolute Gasteiger partial charge is 0.226 e. The summed E-state index contributed by atoms with van der Waals surface area (Å²) < 4.78 is 0. The molecule has 0 fully saturated rings. The number of nitrogens with zero attached hydrogens (tertiary/aromatic N) is 3. The van der Waals surface area contributed by atoms with E-state index in [0.717, 1.165) is 41.0 Å². The van der Waals surface area contributed by atoms with Gasteiger partial charge in [0.2, 0.25) is 5.91 Å². The first-order valence-electron chi connectivity index (χ1n) is 10.1. The first kappa shape index (κ1) is 20.3. The standard InChI is InChI=1S/C22H26N6OS/c1-12(2)28(3)22(29)13-4-6-16-18(9-13)30-21-19(16)20(25-11-26-21)27-15-5-7-17(24)14(8-15)10-23/h5,7-8,10-13,23H,4,6,9,24H2,1-3H3,(H,25,26,27)/t13-/m0/s1. The second kappa shape index (κ2) is 8.02. The van der Waals surface area contributed by atoms with Crippen molar-refractivity contribution in [1.29, 1.82) is 5.41 Å². The molecule has 1 aliphatic rings. The Labute approximate surface area is 179 Å². The lowest BCUT2D eigenvalue weighted by atomic mass is 9.86. The zero-order valence-electron chi connectivity index (χ0n) is 17.4. The van der Waals surface area contributed by atoms with E-state index < -0.39 is 0 Å². The van der Waals surface area contributed by atoms with E-state index in [9.17, 15) is 4.79 Å². The summed E-state index contributed by atoms with van der Waals surface area (Å²) in [5.41, 5.74) is 9.20. The van der Waals surface area contributed by atoms with Crippen molar-refractivity contribution in [3.63, 3.8) is 0 Å². The SMILES string of the molecule is CC(C)N(C)C(=O)[C@H]1CCc2c(sc3ncnc(Nc4ccc(N)c(C=N)c4)c23)C1. The van der Waals surface area contributed by atoms with Crippen molar-refractivity contribution in [3.05, 3.63) is 40.5 Å². The first-order chi connectivity index (χ1) is 14.4. The van der Waals surface area contributed by atoms with Crippen LogP contribution in [-0.2, 0) is 17.6 Å². The predicted molar refractivity (Wildman–Crippen MR) is 123 cm³/mol. The molecule has 1 aromatic carbocycles. The number of anilines is 3. The molecular formula is C22H26N6OS. The number of nitrogens with two attached hydrogens (primary N) is 1. The highest BCUT2D eigenvalue weighted by Crippen LogP contribution is 2.40. The zero-order chi connectivity index (χ0) is 21.4. The number of aryl methyl sites for hydroxylation is 1. The van der Waals surface area contributed by atoms with Gasteiger partial charge in [0, 0.05) is 47.0 Å². The Hall–Kier alpha value is -3.00.